The van der Waals surface area contributed by atoms with Gasteiger partial charge in [0.2, 0.25) is 0 Å². The molecule has 1 aliphatic rings. The van der Waals surface area contributed by atoms with E-state index in [2.05, 4.69) is 38.2 Å². The van der Waals surface area contributed by atoms with E-state index in [9.17, 15) is 0 Å². The van der Waals surface area contributed by atoms with Gasteiger partial charge in [0.25, 0.3) is 0 Å². The molecule has 2 aromatic heterocycles. The number of hydrogen-bond donors (Lipinski definition) is 1. The van der Waals surface area contributed by atoms with E-state index in [-0.39, 0.29) is 0 Å². The molecule has 160 valence electrons. The summed E-state index contributed by atoms with van der Waals surface area (Å²) in [4.78, 5) is 5.11. The van der Waals surface area contributed by atoms with Crippen LogP contribution in [0.1, 0.15) is 55.6 Å². The van der Waals surface area contributed by atoms with Gasteiger partial charge < -0.3 is 14.8 Å². The number of aromatic nitrogens is 3. The minimum Gasteiger partial charge on any atom is -0.497 e. The number of nitrogens with zero attached hydrogens (tertiary/aromatic N) is 3. The molecule has 0 amide bonds. The fraction of sp³-hybridized carbons (Fsp3) is 0.500. The molecule has 6 nitrogen and oxygen atoms in total. The van der Waals surface area contributed by atoms with Gasteiger partial charge in [-0.05, 0) is 62.3 Å². The van der Waals surface area contributed by atoms with Crippen LogP contribution in [-0.2, 0) is 24.2 Å². The van der Waals surface area contributed by atoms with Crippen LogP contribution in [0.4, 0.5) is 5.82 Å². The summed E-state index contributed by atoms with van der Waals surface area (Å²) in [5, 5.41) is 8.79. The van der Waals surface area contributed by atoms with E-state index < -0.39 is 0 Å². The Bertz CT molecular complexity index is 1050. The summed E-state index contributed by atoms with van der Waals surface area (Å²) in [6.45, 7) is 7.00. The molecule has 1 N–H and O–H groups in total. The minimum absolute atomic E-state index is 0.418. The molecule has 0 spiro atoms. The number of methoxy groups -OCH3 is 2. The van der Waals surface area contributed by atoms with Gasteiger partial charge in [-0.25, -0.2) is 4.98 Å². The standard InChI is InChI=1S/C24H32N4O2/c1-6-16(7-2)25-23-19-9-8-10-20(19)26-24-22(21(14-29-4)27-28(23)24)18-12-11-17(30-5)13-15(18)3/h11-13,16,25H,6-10,14H2,1-5H3. The maximum atomic E-state index is 5.52. The Hall–Kier alpha value is -2.60. The molecule has 30 heavy (non-hydrogen) atoms. The second kappa shape index (κ2) is 8.64. The summed E-state index contributed by atoms with van der Waals surface area (Å²) < 4.78 is 13.0. The number of aryl methyl sites for hydroxylation is 2. The van der Waals surface area contributed by atoms with Crippen LogP contribution in [0.5, 0.6) is 5.75 Å². The lowest BCUT2D eigenvalue weighted by Gasteiger charge is -2.20. The predicted octanol–water partition coefficient (Wildman–Crippen LogP) is 4.95. The van der Waals surface area contributed by atoms with Gasteiger partial charge in [-0.15, -0.1) is 0 Å². The third-order valence-electron chi connectivity index (χ3n) is 6.17. The molecule has 0 radical (unpaired) electrons. The Kier molecular flexibility index (Phi) is 5.95. The molecular formula is C24H32N4O2. The lowest BCUT2D eigenvalue weighted by atomic mass is 10.00. The monoisotopic (exact) mass is 408 g/mol. The fourth-order valence-corrected chi connectivity index (χ4v) is 4.47. The fourth-order valence-electron chi connectivity index (χ4n) is 4.47. The quantitative estimate of drug-likeness (QED) is 0.571. The molecule has 3 aromatic rings. The van der Waals surface area contributed by atoms with Crippen LogP contribution in [0.2, 0.25) is 0 Å². The zero-order valence-electron chi connectivity index (χ0n) is 18.7. The second-order valence-corrected chi connectivity index (χ2v) is 8.07. The first-order valence-corrected chi connectivity index (χ1v) is 10.9. The number of benzene rings is 1. The van der Waals surface area contributed by atoms with E-state index in [4.69, 9.17) is 19.6 Å². The largest absolute Gasteiger partial charge is 0.497 e. The number of nitrogens with one attached hydrogen (secondary N) is 1. The van der Waals surface area contributed by atoms with Crippen molar-refractivity contribution < 1.29 is 9.47 Å². The van der Waals surface area contributed by atoms with Crippen molar-refractivity contribution in [2.24, 2.45) is 0 Å². The van der Waals surface area contributed by atoms with Gasteiger partial charge >= 0.3 is 0 Å². The van der Waals surface area contributed by atoms with E-state index in [1.165, 1.54) is 11.3 Å². The van der Waals surface area contributed by atoms with Gasteiger partial charge in [-0.2, -0.15) is 9.61 Å². The Morgan fingerprint density at radius 1 is 1.17 bits per heavy atom. The first-order chi connectivity index (χ1) is 14.6. The van der Waals surface area contributed by atoms with Crippen LogP contribution in [0, 0.1) is 6.92 Å². The van der Waals surface area contributed by atoms with Crippen LogP contribution in [0.25, 0.3) is 16.8 Å². The van der Waals surface area contributed by atoms with Crippen molar-refractivity contribution in [2.75, 3.05) is 19.5 Å². The highest BCUT2D eigenvalue weighted by Crippen LogP contribution is 2.37. The molecule has 4 rings (SSSR count). The summed E-state index contributed by atoms with van der Waals surface area (Å²) in [6.07, 6.45) is 5.37. The highest BCUT2D eigenvalue weighted by atomic mass is 16.5. The SMILES string of the molecule is CCC(CC)Nc1c2c(nc3c(-c4ccc(OC)cc4C)c(COC)nn13)CCC2. The third-order valence-corrected chi connectivity index (χ3v) is 6.17. The van der Waals surface area contributed by atoms with Gasteiger partial charge in [-0.1, -0.05) is 19.9 Å². The Morgan fingerprint density at radius 3 is 2.63 bits per heavy atom. The average molecular weight is 409 g/mol. The van der Waals surface area contributed by atoms with Crippen molar-refractivity contribution in [3.63, 3.8) is 0 Å². The zero-order valence-corrected chi connectivity index (χ0v) is 18.7. The van der Waals surface area contributed by atoms with E-state index in [1.807, 2.05) is 10.6 Å². The van der Waals surface area contributed by atoms with Gasteiger partial charge in [-0.3, -0.25) is 0 Å². The van der Waals surface area contributed by atoms with E-state index >= 15 is 0 Å². The van der Waals surface area contributed by atoms with Crippen molar-refractivity contribution >= 4 is 11.5 Å². The highest BCUT2D eigenvalue weighted by Gasteiger charge is 2.26. The van der Waals surface area contributed by atoms with Crippen LogP contribution in [-0.4, -0.2) is 34.9 Å². The van der Waals surface area contributed by atoms with Crippen molar-refractivity contribution in [3.05, 3.63) is 40.7 Å². The van der Waals surface area contributed by atoms with E-state index in [0.29, 0.717) is 12.6 Å². The van der Waals surface area contributed by atoms with Crippen molar-refractivity contribution in [1.82, 2.24) is 14.6 Å². The number of ether oxygens (including phenoxy) is 2. The third kappa shape index (κ3) is 3.54. The van der Waals surface area contributed by atoms with Gasteiger partial charge in [0.1, 0.15) is 11.6 Å². The number of hydrogen-bond acceptors (Lipinski definition) is 5. The minimum atomic E-state index is 0.418. The summed E-state index contributed by atoms with van der Waals surface area (Å²) in [7, 11) is 3.41. The normalized spacial score (nSPS) is 13.3. The number of fused-ring (bicyclic) bond motifs is 2. The second-order valence-electron chi connectivity index (χ2n) is 8.07. The molecule has 0 unspecified atom stereocenters. The Morgan fingerprint density at radius 2 is 1.97 bits per heavy atom. The van der Waals surface area contributed by atoms with Crippen LogP contribution in [0.15, 0.2) is 18.2 Å². The van der Waals surface area contributed by atoms with Gasteiger partial charge in [0.05, 0.1) is 25.0 Å². The molecule has 0 fully saturated rings. The zero-order chi connectivity index (χ0) is 21.3. The molecule has 6 heteroatoms. The predicted molar refractivity (Wildman–Crippen MR) is 120 cm³/mol. The molecule has 1 aliphatic carbocycles. The summed E-state index contributed by atoms with van der Waals surface area (Å²) >= 11 is 0. The maximum Gasteiger partial charge on any atom is 0.165 e. The molecule has 0 aliphatic heterocycles. The van der Waals surface area contributed by atoms with Gasteiger partial charge in [0.15, 0.2) is 5.65 Å². The topological polar surface area (TPSA) is 60.7 Å². The summed E-state index contributed by atoms with van der Waals surface area (Å²) in [6, 6.07) is 6.58. The smallest absolute Gasteiger partial charge is 0.165 e. The Balaban J connectivity index is 1.97. The van der Waals surface area contributed by atoms with Crippen LogP contribution in [0.3, 0.4) is 0 Å². The lowest BCUT2D eigenvalue weighted by molar-refractivity contribution is 0.181. The molecule has 0 saturated carbocycles. The Labute approximate surface area is 178 Å². The molecule has 1 aromatic carbocycles. The first-order valence-electron chi connectivity index (χ1n) is 10.9. The first kappa shape index (κ1) is 20.7. The van der Waals surface area contributed by atoms with Crippen molar-refractivity contribution in [3.8, 4) is 16.9 Å². The number of rotatable bonds is 8. The van der Waals surface area contributed by atoms with Gasteiger partial charge in [0, 0.05) is 24.4 Å². The maximum absolute atomic E-state index is 5.52. The molecule has 0 atom stereocenters. The molecule has 0 bridgehead atoms. The van der Waals surface area contributed by atoms with Crippen LogP contribution >= 0.6 is 0 Å². The van der Waals surface area contributed by atoms with E-state index in [1.54, 1.807) is 14.2 Å². The van der Waals surface area contributed by atoms with Crippen molar-refractivity contribution in [1.29, 1.82) is 0 Å². The highest BCUT2D eigenvalue weighted by molar-refractivity contribution is 5.83. The lowest BCUT2D eigenvalue weighted by Crippen LogP contribution is -2.21. The number of anilines is 1. The molecular weight excluding hydrogens is 376 g/mol. The van der Waals surface area contributed by atoms with Crippen molar-refractivity contribution in [2.45, 2.75) is 65.5 Å². The van der Waals surface area contributed by atoms with Crippen LogP contribution < -0.4 is 10.1 Å². The molecule has 2 heterocycles. The molecule has 0 saturated heterocycles. The summed E-state index contributed by atoms with van der Waals surface area (Å²) in [5.41, 5.74) is 7.65. The summed E-state index contributed by atoms with van der Waals surface area (Å²) in [5.74, 6) is 1.96. The van der Waals surface area contributed by atoms with E-state index in [0.717, 1.165) is 71.7 Å². The average Bonchev–Trinajstić information content (AvgIpc) is 3.36.